The largest absolute Gasteiger partial charge is 0.480 e. The van der Waals surface area contributed by atoms with E-state index in [0.717, 1.165) is 19.4 Å². The topological polar surface area (TPSA) is 87.7 Å². The minimum absolute atomic E-state index is 0.420. The minimum atomic E-state index is -1.00. The lowest BCUT2D eigenvalue weighted by Gasteiger charge is -2.14. The molecule has 0 fully saturated rings. The SMILES string of the molecule is CCCOCCCNC(=O)N[C@H](CCSC)C(=O)O. The number of nitrogens with one attached hydrogen (secondary N) is 2. The molecule has 3 N–H and O–H groups in total. The van der Waals surface area contributed by atoms with Gasteiger partial charge in [0.25, 0.3) is 0 Å². The second-order valence-electron chi connectivity index (χ2n) is 4.04. The Morgan fingerprint density at radius 3 is 2.68 bits per heavy atom. The average Bonchev–Trinajstić information content (AvgIpc) is 2.38. The summed E-state index contributed by atoms with van der Waals surface area (Å²) in [5.74, 6) is -0.308. The number of aliphatic carboxylic acids is 1. The van der Waals surface area contributed by atoms with Crippen molar-refractivity contribution in [2.75, 3.05) is 31.8 Å². The maximum Gasteiger partial charge on any atom is 0.326 e. The van der Waals surface area contributed by atoms with Crippen LogP contribution in [0.25, 0.3) is 0 Å². The van der Waals surface area contributed by atoms with Gasteiger partial charge < -0.3 is 20.5 Å². The zero-order valence-electron chi connectivity index (χ0n) is 11.6. The summed E-state index contributed by atoms with van der Waals surface area (Å²) in [6.07, 6.45) is 4.01. The van der Waals surface area contributed by atoms with Gasteiger partial charge in [0.2, 0.25) is 0 Å². The number of carbonyl (C=O) groups is 2. The first-order chi connectivity index (χ1) is 9.11. The lowest BCUT2D eigenvalue weighted by molar-refractivity contribution is -0.139. The summed E-state index contributed by atoms with van der Waals surface area (Å²) >= 11 is 1.55. The molecule has 7 heteroatoms. The number of thioether (sulfide) groups is 1. The van der Waals surface area contributed by atoms with Gasteiger partial charge >= 0.3 is 12.0 Å². The smallest absolute Gasteiger partial charge is 0.326 e. The van der Waals surface area contributed by atoms with E-state index in [-0.39, 0.29) is 0 Å². The van der Waals surface area contributed by atoms with Gasteiger partial charge in [-0.25, -0.2) is 9.59 Å². The molecule has 0 saturated heterocycles. The van der Waals surface area contributed by atoms with E-state index in [1.54, 1.807) is 11.8 Å². The fourth-order valence-electron chi connectivity index (χ4n) is 1.32. The molecule has 0 aliphatic rings. The number of carboxylic acids is 1. The van der Waals surface area contributed by atoms with Gasteiger partial charge in [-0.3, -0.25) is 0 Å². The molecule has 0 heterocycles. The number of hydrogen-bond acceptors (Lipinski definition) is 4. The van der Waals surface area contributed by atoms with Crippen molar-refractivity contribution in [3.05, 3.63) is 0 Å². The summed E-state index contributed by atoms with van der Waals surface area (Å²) in [5.41, 5.74) is 0. The first kappa shape index (κ1) is 18.0. The van der Waals surface area contributed by atoms with Gasteiger partial charge in [-0.05, 0) is 31.3 Å². The molecule has 6 nitrogen and oxygen atoms in total. The van der Waals surface area contributed by atoms with Gasteiger partial charge in [-0.1, -0.05) is 6.92 Å². The fourth-order valence-corrected chi connectivity index (χ4v) is 1.80. The maximum absolute atomic E-state index is 11.5. The van der Waals surface area contributed by atoms with Crippen LogP contribution in [-0.4, -0.2) is 54.9 Å². The van der Waals surface area contributed by atoms with Crippen LogP contribution in [-0.2, 0) is 9.53 Å². The summed E-state index contributed by atoms with van der Waals surface area (Å²) in [7, 11) is 0. The Kier molecular flexibility index (Phi) is 11.5. The summed E-state index contributed by atoms with van der Waals surface area (Å²) in [5, 5.41) is 14.0. The third-order valence-electron chi connectivity index (χ3n) is 2.31. The van der Waals surface area contributed by atoms with Gasteiger partial charge in [0.1, 0.15) is 6.04 Å². The molecule has 0 aromatic heterocycles. The maximum atomic E-state index is 11.5. The first-order valence-electron chi connectivity index (χ1n) is 6.45. The van der Waals surface area contributed by atoms with E-state index in [9.17, 15) is 9.59 Å². The fraction of sp³-hybridized carbons (Fsp3) is 0.833. The van der Waals surface area contributed by atoms with E-state index >= 15 is 0 Å². The Morgan fingerprint density at radius 1 is 1.37 bits per heavy atom. The molecule has 0 aromatic rings. The van der Waals surface area contributed by atoms with Crippen molar-refractivity contribution >= 4 is 23.8 Å². The Balaban J connectivity index is 3.71. The second kappa shape index (κ2) is 12.1. The number of urea groups is 1. The molecule has 0 aliphatic carbocycles. The van der Waals surface area contributed by atoms with Crippen LogP contribution < -0.4 is 10.6 Å². The highest BCUT2D eigenvalue weighted by Crippen LogP contribution is 2.00. The Bertz CT molecular complexity index is 264. The zero-order valence-corrected chi connectivity index (χ0v) is 12.4. The molecule has 2 amide bonds. The molecule has 0 radical (unpaired) electrons. The molecule has 1 atom stereocenters. The quantitative estimate of drug-likeness (QED) is 0.500. The molecular weight excluding hydrogens is 268 g/mol. The van der Waals surface area contributed by atoms with Crippen molar-refractivity contribution in [2.24, 2.45) is 0 Å². The highest BCUT2D eigenvalue weighted by Gasteiger charge is 2.18. The molecule has 0 rings (SSSR count). The molecule has 19 heavy (non-hydrogen) atoms. The number of rotatable bonds is 11. The van der Waals surface area contributed by atoms with Gasteiger partial charge in [0.15, 0.2) is 0 Å². The van der Waals surface area contributed by atoms with Crippen molar-refractivity contribution in [3.63, 3.8) is 0 Å². The Labute approximate surface area is 118 Å². The molecule has 0 spiro atoms. The van der Waals surface area contributed by atoms with Crippen molar-refractivity contribution in [1.82, 2.24) is 10.6 Å². The summed E-state index contributed by atoms with van der Waals surface area (Å²) < 4.78 is 5.27. The van der Waals surface area contributed by atoms with Crippen LogP contribution in [0.5, 0.6) is 0 Å². The van der Waals surface area contributed by atoms with Gasteiger partial charge in [-0.15, -0.1) is 0 Å². The molecule has 0 unspecified atom stereocenters. The van der Waals surface area contributed by atoms with E-state index < -0.39 is 18.0 Å². The van der Waals surface area contributed by atoms with Gasteiger partial charge in [-0.2, -0.15) is 11.8 Å². The standard InChI is InChI=1S/C12H24N2O4S/c1-3-7-18-8-4-6-13-12(17)14-10(11(15)16)5-9-19-2/h10H,3-9H2,1-2H3,(H,15,16)(H2,13,14,17)/t10-/m1/s1. The van der Waals surface area contributed by atoms with E-state index in [4.69, 9.17) is 9.84 Å². The normalized spacial score (nSPS) is 11.9. The molecule has 0 bridgehead atoms. The molecule has 112 valence electrons. The van der Waals surface area contributed by atoms with Crippen molar-refractivity contribution in [1.29, 1.82) is 0 Å². The van der Waals surface area contributed by atoms with E-state index in [0.29, 0.717) is 25.3 Å². The third kappa shape index (κ3) is 10.6. The average molecular weight is 292 g/mol. The van der Waals surface area contributed by atoms with Crippen LogP contribution in [0.2, 0.25) is 0 Å². The second-order valence-corrected chi connectivity index (χ2v) is 5.02. The summed E-state index contributed by atoms with van der Waals surface area (Å²) in [6, 6.07) is -1.27. The third-order valence-corrected chi connectivity index (χ3v) is 2.96. The zero-order chi connectivity index (χ0) is 14.5. The highest BCUT2D eigenvalue weighted by atomic mass is 32.2. The molecule has 0 aliphatic heterocycles. The van der Waals surface area contributed by atoms with E-state index in [1.165, 1.54) is 0 Å². The van der Waals surface area contributed by atoms with Crippen molar-refractivity contribution < 1.29 is 19.4 Å². The van der Waals surface area contributed by atoms with Crippen LogP contribution in [0.15, 0.2) is 0 Å². The molecular formula is C12H24N2O4S. The number of ether oxygens (including phenoxy) is 1. The predicted molar refractivity (Wildman–Crippen MR) is 76.7 cm³/mol. The predicted octanol–water partition coefficient (Wildman–Crippen LogP) is 1.31. The highest BCUT2D eigenvalue weighted by molar-refractivity contribution is 7.98. The molecule has 0 aromatic carbocycles. The van der Waals surface area contributed by atoms with Crippen LogP contribution >= 0.6 is 11.8 Å². The van der Waals surface area contributed by atoms with Crippen LogP contribution in [0.3, 0.4) is 0 Å². The Hall–Kier alpha value is -0.950. The number of hydrogen-bond donors (Lipinski definition) is 3. The monoisotopic (exact) mass is 292 g/mol. The van der Waals surface area contributed by atoms with Crippen molar-refractivity contribution in [2.45, 2.75) is 32.2 Å². The van der Waals surface area contributed by atoms with Gasteiger partial charge in [0, 0.05) is 19.8 Å². The lowest BCUT2D eigenvalue weighted by atomic mass is 10.2. The number of carbonyl (C=O) groups excluding carboxylic acids is 1. The summed E-state index contributed by atoms with van der Waals surface area (Å²) in [6.45, 7) is 3.83. The van der Waals surface area contributed by atoms with Crippen molar-refractivity contribution in [3.8, 4) is 0 Å². The van der Waals surface area contributed by atoms with Crippen LogP contribution in [0.4, 0.5) is 4.79 Å². The van der Waals surface area contributed by atoms with E-state index in [1.807, 2.05) is 13.2 Å². The van der Waals surface area contributed by atoms with E-state index in [2.05, 4.69) is 10.6 Å². The summed E-state index contributed by atoms with van der Waals surface area (Å²) in [4.78, 5) is 22.4. The van der Waals surface area contributed by atoms with Crippen LogP contribution in [0, 0.1) is 0 Å². The van der Waals surface area contributed by atoms with Gasteiger partial charge in [0.05, 0.1) is 0 Å². The Morgan fingerprint density at radius 2 is 2.11 bits per heavy atom. The number of amides is 2. The minimum Gasteiger partial charge on any atom is -0.480 e. The first-order valence-corrected chi connectivity index (χ1v) is 7.85. The van der Waals surface area contributed by atoms with Crippen LogP contribution in [0.1, 0.15) is 26.2 Å². The molecule has 0 saturated carbocycles. The number of carboxylic acid groups (broad SMARTS) is 1. The lowest BCUT2D eigenvalue weighted by Crippen LogP contribution is -2.46.